The third kappa shape index (κ3) is 2.70. The first-order valence-electron chi connectivity index (χ1n) is 7.28. The summed E-state index contributed by atoms with van der Waals surface area (Å²) in [7, 11) is 6.44. The van der Waals surface area contributed by atoms with E-state index in [-0.39, 0.29) is 5.54 Å². The number of nitrogens with zero attached hydrogens (tertiary/aromatic N) is 3. The fourth-order valence-electron chi connectivity index (χ4n) is 3.19. The maximum atomic E-state index is 4.37. The Morgan fingerprint density at radius 2 is 2.00 bits per heavy atom. The molecule has 0 aliphatic heterocycles. The Bertz CT molecular complexity index is 414. The van der Waals surface area contributed by atoms with Gasteiger partial charge in [-0.15, -0.1) is 0 Å². The summed E-state index contributed by atoms with van der Waals surface area (Å²) in [5.41, 5.74) is 1.53. The summed E-state index contributed by atoms with van der Waals surface area (Å²) in [5, 5.41) is 3.38. The van der Waals surface area contributed by atoms with Crippen molar-refractivity contribution in [1.29, 1.82) is 0 Å². The second-order valence-corrected chi connectivity index (χ2v) is 6.61. The lowest BCUT2D eigenvalue weighted by molar-refractivity contribution is 0.130. The van der Waals surface area contributed by atoms with E-state index in [2.05, 4.69) is 47.7 Å². The van der Waals surface area contributed by atoms with Crippen molar-refractivity contribution >= 4 is 0 Å². The zero-order valence-corrected chi connectivity index (χ0v) is 13.0. The second kappa shape index (κ2) is 5.25. The van der Waals surface area contributed by atoms with Gasteiger partial charge in [0.05, 0.1) is 17.6 Å². The second-order valence-electron chi connectivity index (χ2n) is 6.61. The van der Waals surface area contributed by atoms with Gasteiger partial charge in [0.25, 0.3) is 0 Å². The normalized spacial score (nSPS) is 19.3. The zero-order chi connectivity index (χ0) is 14.1. The van der Waals surface area contributed by atoms with Crippen molar-refractivity contribution in [3.63, 3.8) is 0 Å². The Labute approximate surface area is 117 Å². The Morgan fingerprint density at radius 3 is 2.53 bits per heavy atom. The van der Waals surface area contributed by atoms with E-state index in [9.17, 15) is 0 Å². The molecule has 0 saturated heterocycles. The topological polar surface area (TPSA) is 33.1 Å². The number of likely N-dealkylation sites (N-methyl/N-ethyl adjacent to an activating group) is 1. The van der Waals surface area contributed by atoms with E-state index in [1.165, 1.54) is 31.4 Å². The minimum atomic E-state index is -0.0391. The highest BCUT2D eigenvalue weighted by atomic mass is 15.2. The Balaban J connectivity index is 2.26. The lowest BCUT2D eigenvalue weighted by Gasteiger charge is -2.38. The lowest BCUT2D eigenvalue weighted by Crippen LogP contribution is -2.46. The molecule has 108 valence electrons. The Kier molecular flexibility index (Phi) is 4.02. The van der Waals surface area contributed by atoms with Crippen LogP contribution in [-0.4, -0.2) is 41.1 Å². The molecule has 1 aliphatic carbocycles. The Hall–Kier alpha value is -0.870. The van der Waals surface area contributed by atoms with E-state index in [1.54, 1.807) is 0 Å². The molecule has 0 bridgehead atoms. The van der Waals surface area contributed by atoms with Gasteiger partial charge in [-0.05, 0) is 47.8 Å². The summed E-state index contributed by atoms with van der Waals surface area (Å²) in [4.78, 5) is 6.79. The third-order valence-corrected chi connectivity index (χ3v) is 4.93. The monoisotopic (exact) mass is 264 g/mol. The van der Waals surface area contributed by atoms with Gasteiger partial charge in [0.1, 0.15) is 0 Å². The first-order valence-corrected chi connectivity index (χ1v) is 7.28. The van der Waals surface area contributed by atoms with Crippen LogP contribution in [0.2, 0.25) is 0 Å². The Morgan fingerprint density at radius 1 is 1.37 bits per heavy atom. The average molecular weight is 264 g/mol. The molecule has 1 aliphatic rings. The highest BCUT2D eigenvalue weighted by molar-refractivity contribution is 5.12. The first-order chi connectivity index (χ1) is 8.91. The molecule has 1 N–H and O–H groups in total. The predicted octanol–water partition coefficient (Wildman–Crippen LogP) is 2.21. The maximum absolute atomic E-state index is 4.37. The van der Waals surface area contributed by atoms with Crippen LogP contribution in [0.5, 0.6) is 0 Å². The number of hydrogen-bond acceptors (Lipinski definition) is 3. The molecular weight excluding hydrogens is 236 g/mol. The number of hydrogen-bond donors (Lipinski definition) is 1. The number of imidazole rings is 1. The fraction of sp³-hybridized carbons (Fsp3) is 0.800. The summed E-state index contributed by atoms with van der Waals surface area (Å²) in [6.45, 7) is 5.45. The average Bonchev–Trinajstić information content (AvgIpc) is 2.99. The number of aromatic nitrogens is 2. The van der Waals surface area contributed by atoms with Gasteiger partial charge in [-0.1, -0.05) is 12.8 Å². The van der Waals surface area contributed by atoms with Gasteiger partial charge in [-0.3, -0.25) is 0 Å². The smallest absolute Gasteiger partial charge is 0.0949 e. The van der Waals surface area contributed by atoms with Gasteiger partial charge in [0.2, 0.25) is 0 Å². The molecule has 0 unspecified atom stereocenters. The van der Waals surface area contributed by atoms with Crippen LogP contribution >= 0.6 is 0 Å². The van der Waals surface area contributed by atoms with Crippen LogP contribution in [0.4, 0.5) is 0 Å². The molecule has 0 aromatic carbocycles. The van der Waals surface area contributed by atoms with Gasteiger partial charge >= 0.3 is 0 Å². The van der Waals surface area contributed by atoms with Crippen molar-refractivity contribution in [1.82, 2.24) is 19.8 Å². The van der Waals surface area contributed by atoms with Crippen molar-refractivity contribution in [2.75, 3.05) is 21.1 Å². The summed E-state index contributed by atoms with van der Waals surface area (Å²) in [6, 6.07) is 0. The molecule has 1 heterocycles. The van der Waals surface area contributed by atoms with Crippen LogP contribution in [0, 0.1) is 0 Å². The molecule has 0 radical (unpaired) electrons. The summed E-state index contributed by atoms with van der Waals surface area (Å²) in [5.74, 6) is 0. The van der Waals surface area contributed by atoms with E-state index in [1.807, 2.05) is 19.6 Å². The van der Waals surface area contributed by atoms with Crippen LogP contribution < -0.4 is 5.32 Å². The third-order valence-electron chi connectivity index (χ3n) is 4.93. The fourth-order valence-corrected chi connectivity index (χ4v) is 3.19. The molecule has 0 spiro atoms. The molecule has 0 amide bonds. The SMILES string of the molecule is CNC(C)(C)c1cncn1CC1(N(C)C)CCCC1. The van der Waals surface area contributed by atoms with Crippen molar-refractivity contribution in [3.8, 4) is 0 Å². The molecule has 1 fully saturated rings. The molecule has 1 saturated carbocycles. The molecule has 0 atom stereocenters. The molecule has 4 nitrogen and oxygen atoms in total. The predicted molar refractivity (Wildman–Crippen MR) is 79.2 cm³/mol. The van der Waals surface area contributed by atoms with Gasteiger partial charge < -0.3 is 14.8 Å². The standard InChI is InChI=1S/C15H28N4/c1-14(2,16-3)13-10-17-12-19(13)11-15(18(4)5)8-6-7-9-15/h10,12,16H,6-9,11H2,1-5H3. The first kappa shape index (κ1) is 14.5. The molecule has 1 aromatic rings. The molecule has 2 rings (SSSR count). The van der Waals surface area contributed by atoms with Gasteiger partial charge in [-0.2, -0.15) is 0 Å². The van der Waals surface area contributed by atoms with Gasteiger partial charge in [-0.25, -0.2) is 4.98 Å². The van der Waals surface area contributed by atoms with Crippen molar-refractivity contribution in [2.45, 2.75) is 57.2 Å². The van der Waals surface area contributed by atoms with Crippen molar-refractivity contribution < 1.29 is 0 Å². The van der Waals surface area contributed by atoms with Gasteiger partial charge in [0, 0.05) is 18.3 Å². The summed E-state index contributed by atoms with van der Waals surface area (Å²) >= 11 is 0. The highest BCUT2D eigenvalue weighted by Crippen LogP contribution is 2.36. The number of nitrogens with one attached hydrogen (secondary N) is 1. The largest absolute Gasteiger partial charge is 0.331 e. The van der Waals surface area contributed by atoms with Crippen LogP contribution in [-0.2, 0) is 12.1 Å². The van der Waals surface area contributed by atoms with E-state index in [4.69, 9.17) is 0 Å². The van der Waals surface area contributed by atoms with E-state index in [0.29, 0.717) is 5.54 Å². The molecule has 4 heteroatoms. The van der Waals surface area contributed by atoms with Crippen molar-refractivity contribution in [2.24, 2.45) is 0 Å². The minimum Gasteiger partial charge on any atom is -0.331 e. The molecular formula is C15H28N4. The summed E-state index contributed by atoms with van der Waals surface area (Å²) in [6.07, 6.45) is 9.25. The molecule has 1 aromatic heterocycles. The molecule has 19 heavy (non-hydrogen) atoms. The van der Waals surface area contributed by atoms with E-state index >= 15 is 0 Å². The van der Waals surface area contributed by atoms with Crippen LogP contribution in [0.25, 0.3) is 0 Å². The van der Waals surface area contributed by atoms with Crippen LogP contribution in [0.3, 0.4) is 0 Å². The number of rotatable bonds is 5. The van der Waals surface area contributed by atoms with Crippen LogP contribution in [0.15, 0.2) is 12.5 Å². The minimum absolute atomic E-state index is 0.0391. The quantitative estimate of drug-likeness (QED) is 0.885. The van der Waals surface area contributed by atoms with E-state index in [0.717, 1.165) is 6.54 Å². The van der Waals surface area contributed by atoms with Crippen LogP contribution in [0.1, 0.15) is 45.2 Å². The lowest BCUT2D eigenvalue weighted by atomic mass is 9.94. The maximum Gasteiger partial charge on any atom is 0.0949 e. The van der Waals surface area contributed by atoms with Crippen molar-refractivity contribution in [3.05, 3.63) is 18.2 Å². The summed E-state index contributed by atoms with van der Waals surface area (Å²) < 4.78 is 2.34. The van der Waals surface area contributed by atoms with E-state index < -0.39 is 0 Å². The highest BCUT2D eigenvalue weighted by Gasteiger charge is 2.37. The zero-order valence-electron chi connectivity index (χ0n) is 13.0. The van der Waals surface area contributed by atoms with Gasteiger partial charge in [0.15, 0.2) is 0 Å².